The molecule has 2 aromatic carbocycles. The first-order valence-corrected chi connectivity index (χ1v) is 9.48. The number of carbonyl (C=O) groups excluding carboxylic acids is 1. The molecule has 0 saturated heterocycles. The molecule has 3 aromatic rings. The third-order valence-electron chi connectivity index (χ3n) is 4.68. The zero-order valence-corrected chi connectivity index (χ0v) is 16.5. The van der Waals surface area contributed by atoms with Gasteiger partial charge in [-0.25, -0.2) is 4.79 Å². The molecule has 0 spiro atoms. The minimum absolute atomic E-state index is 0.00709. The van der Waals surface area contributed by atoms with Gasteiger partial charge in [-0.2, -0.15) is 0 Å². The number of nitrogens with one attached hydrogen (secondary N) is 1. The molecule has 1 unspecified atom stereocenters. The predicted octanol–water partition coefficient (Wildman–Crippen LogP) is 5.53. The van der Waals surface area contributed by atoms with Crippen LogP contribution in [0.5, 0.6) is 0 Å². The summed E-state index contributed by atoms with van der Waals surface area (Å²) in [7, 11) is 0. The molecule has 1 aromatic heterocycles. The van der Waals surface area contributed by atoms with Gasteiger partial charge in [0.2, 0.25) is 0 Å². The van der Waals surface area contributed by atoms with Crippen LogP contribution in [0.15, 0.2) is 53.1 Å². The van der Waals surface area contributed by atoms with Gasteiger partial charge in [0.05, 0.1) is 23.3 Å². The number of nitrogens with zero attached hydrogens (tertiary/aromatic N) is 2. The van der Waals surface area contributed by atoms with E-state index in [1.165, 1.54) is 12.1 Å². The maximum atomic E-state index is 12.9. The lowest BCUT2D eigenvalue weighted by Crippen LogP contribution is -2.37. The fourth-order valence-corrected chi connectivity index (χ4v) is 4.17. The van der Waals surface area contributed by atoms with Gasteiger partial charge >= 0.3 is 6.09 Å². The number of halogens is 1. The number of nitro benzene ring substituents is 1. The molecule has 0 bridgehead atoms. The molecule has 142 valence electrons. The molecule has 4 rings (SSSR count). The Morgan fingerprint density at radius 1 is 1.32 bits per heavy atom. The highest BCUT2D eigenvalue weighted by Crippen LogP contribution is 2.45. The van der Waals surface area contributed by atoms with E-state index in [0.29, 0.717) is 11.1 Å². The molecule has 7 nitrogen and oxygen atoms in total. The number of benzene rings is 2. The standard InChI is InChI=1S/C20H16BrN3O4/c1-2-28-20(25)23-18-6-4-3-5-12(18)9-16(21)19(23)15-11-22-17-8-7-13(24(26)27)10-14(15)17/h3-11,19,22H,2H2,1H3. The van der Waals surface area contributed by atoms with Crippen molar-refractivity contribution in [3.05, 3.63) is 74.4 Å². The van der Waals surface area contributed by atoms with E-state index in [0.717, 1.165) is 21.1 Å². The van der Waals surface area contributed by atoms with Crippen LogP contribution in [0.1, 0.15) is 24.1 Å². The third kappa shape index (κ3) is 2.95. The fourth-order valence-electron chi connectivity index (χ4n) is 3.47. The average molecular weight is 442 g/mol. The first-order chi connectivity index (χ1) is 13.5. The first kappa shape index (κ1) is 18.2. The van der Waals surface area contributed by atoms with Crippen molar-refractivity contribution >= 4 is 50.4 Å². The van der Waals surface area contributed by atoms with Crippen molar-refractivity contribution in [2.75, 3.05) is 11.5 Å². The SMILES string of the molecule is CCOC(=O)N1c2ccccc2C=C(Br)C1c1c[nH]c2ccc([N+](=O)[O-])cc12. The molecule has 0 radical (unpaired) electrons. The molecule has 28 heavy (non-hydrogen) atoms. The Hall–Kier alpha value is -3.13. The fraction of sp³-hybridized carbons (Fsp3) is 0.150. The molecule has 8 heteroatoms. The summed E-state index contributed by atoms with van der Waals surface area (Å²) >= 11 is 3.60. The Bertz CT molecular complexity index is 1120. The van der Waals surface area contributed by atoms with Crippen molar-refractivity contribution in [2.45, 2.75) is 13.0 Å². The first-order valence-electron chi connectivity index (χ1n) is 8.68. The van der Waals surface area contributed by atoms with E-state index in [1.54, 1.807) is 24.1 Å². The molecule has 1 amide bonds. The second kappa shape index (κ2) is 7.12. The van der Waals surface area contributed by atoms with E-state index in [1.807, 2.05) is 30.3 Å². The van der Waals surface area contributed by atoms with Crippen LogP contribution < -0.4 is 4.90 Å². The second-order valence-corrected chi connectivity index (χ2v) is 7.21. The van der Waals surface area contributed by atoms with Crippen molar-refractivity contribution in [3.8, 4) is 0 Å². The normalized spacial score (nSPS) is 15.9. The van der Waals surface area contributed by atoms with Gasteiger partial charge in [-0.05, 0) is 30.7 Å². The van der Waals surface area contributed by atoms with E-state index in [4.69, 9.17) is 4.74 Å². The number of para-hydroxylation sites is 1. The molecule has 1 aliphatic rings. The number of non-ortho nitro benzene ring substituents is 1. The van der Waals surface area contributed by atoms with E-state index < -0.39 is 17.1 Å². The highest BCUT2D eigenvalue weighted by atomic mass is 79.9. The number of hydrogen-bond acceptors (Lipinski definition) is 4. The third-order valence-corrected chi connectivity index (χ3v) is 5.34. The van der Waals surface area contributed by atoms with Crippen molar-refractivity contribution in [2.24, 2.45) is 0 Å². The minimum atomic E-state index is -0.510. The highest BCUT2D eigenvalue weighted by Gasteiger charge is 2.36. The Labute approximate surface area is 168 Å². The summed E-state index contributed by atoms with van der Waals surface area (Å²) in [5, 5.41) is 11.9. The maximum Gasteiger partial charge on any atom is 0.415 e. The Kier molecular flexibility index (Phi) is 4.64. The largest absolute Gasteiger partial charge is 0.449 e. The number of aromatic amines is 1. The minimum Gasteiger partial charge on any atom is -0.449 e. The van der Waals surface area contributed by atoms with Gasteiger partial charge < -0.3 is 9.72 Å². The van der Waals surface area contributed by atoms with Crippen molar-refractivity contribution < 1.29 is 14.5 Å². The molecule has 0 aliphatic carbocycles. The number of anilines is 1. The Balaban J connectivity index is 1.92. The van der Waals surface area contributed by atoms with Crippen molar-refractivity contribution in [1.29, 1.82) is 0 Å². The zero-order chi connectivity index (χ0) is 19.8. The maximum absolute atomic E-state index is 12.9. The predicted molar refractivity (Wildman–Crippen MR) is 111 cm³/mol. The molecular formula is C20H16BrN3O4. The monoisotopic (exact) mass is 441 g/mol. The number of rotatable bonds is 3. The van der Waals surface area contributed by atoms with E-state index >= 15 is 0 Å². The van der Waals surface area contributed by atoms with Crippen LogP contribution in [0.25, 0.3) is 17.0 Å². The number of hydrogen-bond donors (Lipinski definition) is 1. The summed E-state index contributed by atoms with van der Waals surface area (Å²) in [6, 6.07) is 11.7. The van der Waals surface area contributed by atoms with Crippen LogP contribution in [0.4, 0.5) is 16.2 Å². The lowest BCUT2D eigenvalue weighted by molar-refractivity contribution is -0.384. The summed E-state index contributed by atoms with van der Waals surface area (Å²) in [5.74, 6) is 0. The molecule has 1 N–H and O–H groups in total. The topological polar surface area (TPSA) is 88.5 Å². The number of aromatic nitrogens is 1. The van der Waals surface area contributed by atoms with E-state index in [9.17, 15) is 14.9 Å². The Morgan fingerprint density at radius 2 is 2.11 bits per heavy atom. The van der Waals surface area contributed by atoms with Crippen LogP contribution in [0.3, 0.4) is 0 Å². The number of H-pyrrole nitrogens is 1. The summed E-state index contributed by atoms with van der Waals surface area (Å²) < 4.78 is 6.07. The van der Waals surface area contributed by atoms with Crippen molar-refractivity contribution in [3.63, 3.8) is 0 Å². The van der Waals surface area contributed by atoms with Gasteiger partial charge in [-0.15, -0.1) is 0 Å². The molecule has 1 atom stereocenters. The molecule has 0 fully saturated rings. The number of ether oxygens (including phenoxy) is 1. The smallest absolute Gasteiger partial charge is 0.415 e. The van der Waals surface area contributed by atoms with Crippen LogP contribution in [-0.4, -0.2) is 22.6 Å². The molecule has 2 heterocycles. The summed E-state index contributed by atoms with van der Waals surface area (Å²) in [6.07, 6.45) is 3.24. The zero-order valence-electron chi connectivity index (χ0n) is 14.9. The number of amides is 1. The van der Waals surface area contributed by atoms with Crippen LogP contribution in [0.2, 0.25) is 0 Å². The lowest BCUT2D eigenvalue weighted by Gasteiger charge is -2.35. The molecule has 0 saturated carbocycles. The van der Waals surface area contributed by atoms with Gasteiger partial charge in [0, 0.05) is 39.3 Å². The highest BCUT2D eigenvalue weighted by molar-refractivity contribution is 9.11. The second-order valence-electron chi connectivity index (χ2n) is 6.29. The summed E-state index contributed by atoms with van der Waals surface area (Å²) in [6.45, 7) is 1.99. The van der Waals surface area contributed by atoms with Crippen LogP contribution >= 0.6 is 15.9 Å². The van der Waals surface area contributed by atoms with Crippen molar-refractivity contribution in [1.82, 2.24) is 4.98 Å². The summed E-state index contributed by atoms with van der Waals surface area (Å²) in [5.41, 5.74) is 3.08. The summed E-state index contributed by atoms with van der Waals surface area (Å²) in [4.78, 5) is 28.4. The van der Waals surface area contributed by atoms with Gasteiger partial charge in [-0.3, -0.25) is 15.0 Å². The van der Waals surface area contributed by atoms with Crippen LogP contribution in [0, 0.1) is 10.1 Å². The van der Waals surface area contributed by atoms with Gasteiger partial charge in [0.1, 0.15) is 0 Å². The van der Waals surface area contributed by atoms with Gasteiger partial charge in [0.25, 0.3) is 5.69 Å². The number of carbonyl (C=O) groups is 1. The average Bonchev–Trinajstić information content (AvgIpc) is 3.09. The number of nitro groups is 1. The molecular weight excluding hydrogens is 426 g/mol. The van der Waals surface area contributed by atoms with Crippen LogP contribution in [-0.2, 0) is 4.74 Å². The van der Waals surface area contributed by atoms with Gasteiger partial charge in [0.15, 0.2) is 0 Å². The Morgan fingerprint density at radius 3 is 2.86 bits per heavy atom. The quantitative estimate of drug-likeness (QED) is 0.427. The van der Waals surface area contributed by atoms with E-state index in [-0.39, 0.29) is 12.3 Å². The molecule has 1 aliphatic heterocycles. The number of fused-ring (bicyclic) bond motifs is 2. The lowest BCUT2D eigenvalue weighted by atomic mass is 9.97. The van der Waals surface area contributed by atoms with Gasteiger partial charge in [-0.1, -0.05) is 34.1 Å². The van der Waals surface area contributed by atoms with E-state index in [2.05, 4.69) is 20.9 Å².